The third-order valence-corrected chi connectivity index (χ3v) is 4.51. The summed E-state index contributed by atoms with van der Waals surface area (Å²) in [6, 6.07) is 7.82. The Kier molecular flexibility index (Phi) is 5.41. The van der Waals surface area contributed by atoms with Gasteiger partial charge in [-0.1, -0.05) is 15.9 Å². The molecule has 28 heavy (non-hydrogen) atoms. The number of fused-ring (bicyclic) bond motifs is 1. The third kappa shape index (κ3) is 3.58. The van der Waals surface area contributed by atoms with Crippen molar-refractivity contribution in [1.29, 1.82) is 0 Å². The van der Waals surface area contributed by atoms with E-state index < -0.39 is 4.92 Å². The molecule has 0 fully saturated rings. The minimum absolute atomic E-state index is 0.156. The van der Waals surface area contributed by atoms with E-state index in [-0.39, 0.29) is 22.6 Å². The highest BCUT2D eigenvalue weighted by Gasteiger charge is 2.18. The van der Waals surface area contributed by atoms with Crippen LogP contribution in [0.15, 0.2) is 44.7 Å². The number of halogens is 1. The number of rotatable bonds is 5. The van der Waals surface area contributed by atoms with Gasteiger partial charge in [0.1, 0.15) is 5.82 Å². The number of ether oxygens (including phenoxy) is 2. The molecule has 0 amide bonds. The van der Waals surface area contributed by atoms with E-state index in [1.807, 2.05) is 0 Å². The molecular formula is C18H15BrN4O5. The lowest BCUT2D eigenvalue weighted by Crippen LogP contribution is -2.20. The van der Waals surface area contributed by atoms with E-state index in [4.69, 9.17) is 9.47 Å². The standard InChI is InChI=1S/C18H15BrN4O5/c1-10-21-14-5-4-12(19)7-13(14)18(24)22(10)20-9-11-6-16(27-2)17(28-3)8-15(11)23(25)26/h4-9H,1-3H3. The van der Waals surface area contributed by atoms with Gasteiger partial charge in [0, 0.05) is 4.47 Å². The minimum atomic E-state index is -0.561. The number of nitrogens with zero attached hydrogens (tertiary/aromatic N) is 4. The van der Waals surface area contributed by atoms with Crippen LogP contribution in [-0.4, -0.2) is 35.0 Å². The van der Waals surface area contributed by atoms with Crippen molar-refractivity contribution in [3.63, 3.8) is 0 Å². The third-order valence-electron chi connectivity index (χ3n) is 4.01. The van der Waals surface area contributed by atoms with E-state index in [9.17, 15) is 14.9 Å². The van der Waals surface area contributed by atoms with Crippen molar-refractivity contribution in [3.8, 4) is 11.5 Å². The van der Waals surface area contributed by atoms with Crippen molar-refractivity contribution in [1.82, 2.24) is 9.66 Å². The zero-order valence-corrected chi connectivity index (χ0v) is 16.8. The van der Waals surface area contributed by atoms with Gasteiger partial charge in [-0.15, -0.1) is 0 Å². The predicted octanol–water partition coefficient (Wildman–Crippen LogP) is 3.28. The molecule has 0 bridgehead atoms. The molecule has 1 aromatic heterocycles. The summed E-state index contributed by atoms with van der Waals surface area (Å²) in [4.78, 5) is 28.0. The van der Waals surface area contributed by atoms with Crippen LogP contribution in [0, 0.1) is 17.0 Å². The lowest BCUT2D eigenvalue weighted by Gasteiger charge is -2.09. The van der Waals surface area contributed by atoms with Crippen LogP contribution in [0.25, 0.3) is 10.9 Å². The van der Waals surface area contributed by atoms with Gasteiger partial charge in [0.25, 0.3) is 11.2 Å². The average molecular weight is 447 g/mol. The molecule has 144 valence electrons. The molecule has 0 spiro atoms. The zero-order chi connectivity index (χ0) is 20.4. The number of methoxy groups -OCH3 is 2. The Morgan fingerprint density at radius 1 is 1.21 bits per heavy atom. The van der Waals surface area contributed by atoms with Crippen LogP contribution in [0.4, 0.5) is 5.69 Å². The van der Waals surface area contributed by atoms with Gasteiger partial charge in [-0.25, -0.2) is 4.98 Å². The van der Waals surface area contributed by atoms with Gasteiger partial charge < -0.3 is 9.47 Å². The second kappa shape index (κ2) is 7.77. The molecule has 0 atom stereocenters. The summed E-state index contributed by atoms with van der Waals surface area (Å²) in [6.07, 6.45) is 1.22. The number of nitro benzene ring substituents is 1. The lowest BCUT2D eigenvalue weighted by molar-refractivity contribution is -0.385. The van der Waals surface area contributed by atoms with Gasteiger partial charge in [0.2, 0.25) is 0 Å². The van der Waals surface area contributed by atoms with Crippen molar-refractivity contribution in [2.24, 2.45) is 5.10 Å². The number of hydrogen-bond donors (Lipinski definition) is 0. The summed E-state index contributed by atoms with van der Waals surface area (Å²) in [7, 11) is 2.81. The second-order valence-corrected chi connectivity index (χ2v) is 6.62. The highest BCUT2D eigenvalue weighted by Crippen LogP contribution is 2.33. The van der Waals surface area contributed by atoms with Crippen LogP contribution in [-0.2, 0) is 0 Å². The summed E-state index contributed by atoms with van der Waals surface area (Å²) in [6.45, 7) is 1.63. The molecule has 9 nitrogen and oxygen atoms in total. The fourth-order valence-corrected chi connectivity index (χ4v) is 3.02. The lowest BCUT2D eigenvalue weighted by atomic mass is 10.1. The van der Waals surface area contributed by atoms with Crippen LogP contribution in [0.5, 0.6) is 11.5 Å². The van der Waals surface area contributed by atoms with Crippen molar-refractivity contribution in [3.05, 3.63) is 66.7 Å². The molecule has 3 rings (SSSR count). The van der Waals surface area contributed by atoms with Crippen LogP contribution in [0.1, 0.15) is 11.4 Å². The largest absolute Gasteiger partial charge is 0.493 e. The normalized spacial score (nSPS) is 11.1. The first-order valence-corrected chi connectivity index (χ1v) is 8.78. The maximum atomic E-state index is 12.8. The topological polar surface area (TPSA) is 109 Å². The van der Waals surface area contributed by atoms with Gasteiger partial charge in [-0.05, 0) is 31.2 Å². The molecule has 0 radical (unpaired) electrons. The first-order valence-electron chi connectivity index (χ1n) is 7.99. The maximum Gasteiger partial charge on any atom is 0.282 e. The number of nitro groups is 1. The van der Waals surface area contributed by atoms with Gasteiger partial charge >= 0.3 is 0 Å². The first-order chi connectivity index (χ1) is 13.3. The monoisotopic (exact) mass is 446 g/mol. The molecule has 2 aromatic carbocycles. The second-order valence-electron chi connectivity index (χ2n) is 5.71. The Bertz CT molecular complexity index is 1170. The Hall–Kier alpha value is -3.27. The molecule has 0 N–H and O–H groups in total. The van der Waals surface area contributed by atoms with E-state index in [1.165, 1.54) is 32.6 Å². The van der Waals surface area contributed by atoms with Crippen molar-refractivity contribution >= 4 is 38.7 Å². The summed E-state index contributed by atoms with van der Waals surface area (Å²) in [5.74, 6) is 0.871. The molecule has 0 aliphatic carbocycles. The SMILES string of the molecule is COc1cc(C=Nn2c(C)nc3ccc(Br)cc3c2=O)c([N+](=O)[O-])cc1OC. The maximum absolute atomic E-state index is 12.8. The molecule has 0 saturated carbocycles. The fraction of sp³-hybridized carbons (Fsp3) is 0.167. The minimum Gasteiger partial charge on any atom is -0.493 e. The summed E-state index contributed by atoms with van der Waals surface area (Å²) >= 11 is 3.33. The summed E-state index contributed by atoms with van der Waals surface area (Å²) in [5, 5.41) is 15.9. The van der Waals surface area contributed by atoms with E-state index >= 15 is 0 Å². The van der Waals surface area contributed by atoms with E-state index in [0.29, 0.717) is 22.5 Å². The summed E-state index contributed by atoms with van der Waals surface area (Å²) < 4.78 is 12.1. The Balaban J connectivity index is 2.16. The van der Waals surface area contributed by atoms with Crippen LogP contribution in [0.2, 0.25) is 0 Å². The van der Waals surface area contributed by atoms with Crippen molar-refractivity contribution in [2.75, 3.05) is 14.2 Å². The van der Waals surface area contributed by atoms with Gasteiger partial charge in [-0.2, -0.15) is 9.78 Å². The molecule has 1 heterocycles. The molecule has 10 heteroatoms. The fourth-order valence-electron chi connectivity index (χ4n) is 2.66. The number of hydrogen-bond acceptors (Lipinski definition) is 7. The van der Waals surface area contributed by atoms with E-state index in [0.717, 1.165) is 9.15 Å². The average Bonchev–Trinajstić information content (AvgIpc) is 2.67. The molecule has 0 saturated heterocycles. The number of aromatic nitrogens is 2. The Labute approximate surface area is 167 Å². The van der Waals surface area contributed by atoms with Crippen molar-refractivity contribution < 1.29 is 14.4 Å². The van der Waals surface area contributed by atoms with Crippen molar-refractivity contribution in [2.45, 2.75) is 6.92 Å². The van der Waals surface area contributed by atoms with Crippen LogP contribution < -0.4 is 15.0 Å². The van der Waals surface area contributed by atoms with Gasteiger partial charge in [-0.3, -0.25) is 14.9 Å². The van der Waals surface area contributed by atoms with E-state index in [2.05, 4.69) is 26.0 Å². The first kappa shape index (κ1) is 19.5. The number of aryl methyl sites for hydroxylation is 1. The molecule has 0 aliphatic heterocycles. The smallest absolute Gasteiger partial charge is 0.282 e. The zero-order valence-electron chi connectivity index (χ0n) is 15.2. The Morgan fingerprint density at radius 2 is 1.89 bits per heavy atom. The summed E-state index contributed by atoms with van der Waals surface area (Å²) in [5.41, 5.74) is 0.0734. The quantitative estimate of drug-likeness (QED) is 0.338. The van der Waals surface area contributed by atoms with Gasteiger partial charge in [0.15, 0.2) is 11.5 Å². The molecule has 0 unspecified atom stereocenters. The van der Waals surface area contributed by atoms with Gasteiger partial charge in [0.05, 0.1) is 47.9 Å². The molecule has 3 aromatic rings. The van der Waals surface area contributed by atoms with Crippen LogP contribution in [0.3, 0.4) is 0 Å². The highest BCUT2D eigenvalue weighted by molar-refractivity contribution is 9.10. The van der Waals surface area contributed by atoms with E-state index in [1.54, 1.807) is 25.1 Å². The molecular weight excluding hydrogens is 432 g/mol. The number of benzene rings is 2. The molecule has 0 aliphatic rings. The highest BCUT2D eigenvalue weighted by atomic mass is 79.9. The van der Waals surface area contributed by atoms with Crippen LogP contribution >= 0.6 is 15.9 Å². The Morgan fingerprint density at radius 3 is 2.54 bits per heavy atom. The predicted molar refractivity (Wildman–Crippen MR) is 108 cm³/mol.